The molecule has 0 aromatic heterocycles. The number of rotatable bonds is 6. The Morgan fingerprint density at radius 2 is 1.71 bits per heavy atom. The first-order valence-corrected chi connectivity index (χ1v) is 8.45. The van der Waals surface area contributed by atoms with Crippen LogP contribution >= 0.6 is 0 Å². The van der Waals surface area contributed by atoms with Crippen molar-refractivity contribution >= 4 is 11.8 Å². The Balaban J connectivity index is 1.52. The van der Waals surface area contributed by atoms with E-state index < -0.39 is 0 Å². The van der Waals surface area contributed by atoms with E-state index in [1.807, 2.05) is 4.90 Å². The summed E-state index contributed by atoms with van der Waals surface area (Å²) in [7, 11) is 0. The van der Waals surface area contributed by atoms with Crippen molar-refractivity contribution in [3.63, 3.8) is 0 Å². The van der Waals surface area contributed by atoms with E-state index in [1.54, 1.807) is 0 Å². The quantitative estimate of drug-likeness (QED) is 0.778. The summed E-state index contributed by atoms with van der Waals surface area (Å²) >= 11 is 0. The number of nitrogens with two attached hydrogens (primary N) is 1. The Labute approximate surface area is 127 Å². The monoisotopic (exact) mass is 295 g/mol. The number of nitrogens with zero attached hydrogens (tertiary/aromatic N) is 1. The summed E-state index contributed by atoms with van der Waals surface area (Å²) in [5.74, 6) is 0.912. The molecule has 0 aromatic rings. The molecule has 1 aliphatic carbocycles. The number of likely N-dealkylation sites (tertiary alicyclic amines) is 1. The van der Waals surface area contributed by atoms with Crippen LogP contribution in [-0.2, 0) is 9.59 Å². The van der Waals surface area contributed by atoms with E-state index in [0.29, 0.717) is 31.3 Å². The molecular formula is C16H29N3O2. The van der Waals surface area contributed by atoms with Gasteiger partial charge in [0.1, 0.15) is 0 Å². The molecule has 0 unspecified atom stereocenters. The van der Waals surface area contributed by atoms with E-state index in [4.69, 9.17) is 5.73 Å². The third kappa shape index (κ3) is 5.65. The van der Waals surface area contributed by atoms with Crippen molar-refractivity contribution in [2.45, 2.75) is 63.8 Å². The molecule has 3 N–H and O–H groups in total. The van der Waals surface area contributed by atoms with E-state index in [9.17, 15) is 9.59 Å². The largest absolute Gasteiger partial charge is 0.356 e. The van der Waals surface area contributed by atoms with E-state index in [2.05, 4.69) is 5.32 Å². The van der Waals surface area contributed by atoms with Gasteiger partial charge < -0.3 is 16.0 Å². The van der Waals surface area contributed by atoms with Crippen LogP contribution < -0.4 is 11.1 Å². The standard InChI is InChI=1S/C16H29N3O2/c17-14-6-3-13(4-7-14)5-8-15(20)18-10-9-16(21)19-11-1-2-12-19/h13-14H,1-12,17H2,(H,18,20). The van der Waals surface area contributed by atoms with Crippen LogP contribution in [0.1, 0.15) is 57.8 Å². The highest BCUT2D eigenvalue weighted by Crippen LogP contribution is 2.26. The highest BCUT2D eigenvalue weighted by molar-refractivity contribution is 5.79. The zero-order valence-corrected chi connectivity index (χ0v) is 13.0. The van der Waals surface area contributed by atoms with Gasteiger partial charge >= 0.3 is 0 Å². The molecule has 0 atom stereocenters. The van der Waals surface area contributed by atoms with Crippen molar-refractivity contribution in [3.8, 4) is 0 Å². The molecular weight excluding hydrogens is 266 g/mol. The molecule has 5 nitrogen and oxygen atoms in total. The van der Waals surface area contributed by atoms with Gasteiger partial charge in [-0.15, -0.1) is 0 Å². The summed E-state index contributed by atoms with van der Waals surface area (Å²) < 4.78 is 0. The summed E-state index contributed by atoms with van der Waals surface area (Å²) in [5.41, 5.74) is 5.88. The zero-order valence-electron chi connectivity index (χ0n) is 13.0. The van der Waals surface area contributed by atoms with Crippen molar-refractivity contribution in [1.29, 1.82) is 0 Å². The molecule has 5 heteroatoms. The molecule has 0 bridgehead atoms. The van der Waals surface area contributed by atoms with Crippen molar-refractivity contribution in [2.24, 2.45) is 11.7 Å². The summed E-state index contributed by atoms with van der Waals surface area (Å²) in [6, 6.07) is 0.367. The molecule has 2 amide bonds. The topological polar surface area (TPSA) is 75.4 Å². The zero-order chi connectivity index (χ0) is 15.1. The van der Waals surface area contributed by atoms with Crippen LogP contribution in [0.15, 0.2) is 0 Å². The third-order valence-electron chi connectivity index (χ3n) is 4.79. The van der Waals surface area contributed by atoms with E-state index in [1.165, 1.54) is 0 Å². The second kappa shape index (κ2) is 8.37. The number of hydrogen-bond acceptors (Lipinski definition) is 3. The summed E-state index contributed by atoms with van der Waals surface area (Å²) in [5, 5.41) is 2.87. The van der Waals surface area contributed by atoms with Crippen LogP contribution in [0.4, 0.5) is 0 Å². The fourth-order valence-electron chi connectivity index (χ4n) is 3.33. The second-order valence-corrected chi connectivity index (χ2v) is 6.51. The predicted octanol–water partition coefficient (Wildman–Crippen LogP) is 1.41. The molecule has 1 aliphatic heterocycles. The van der Waals surface area contributed by atoms with Gasteiger partial charge in [-0.1, -0.05) is 0 Å². The highest BCUT2D eigenvalue weighted by Gasteiger charge is 2.20. The summed E-state index contributed by atoms with van der Waals surface area (Å²) in [4.78, 5) is 25.5. The molecule has 120 valence electrons. The number of hydrogen-bond donors (Lipinski definition) is 2. The molecule has 0 spiro atoms. The molecule has 1 saturated heterocycles. The molecule has 0 aromatic carbocycles. The van der Waals surface area contributed by atoms with Crippen LogP contribution in [0.3, 0.4) is 0 Å². The summed E-state index contributed by atoms with van der Waals surface area (Å²) in [6.07, 6.45) is 8.70. The molecule has 0 radical (unpaired) electrons. The van der Waals surface area contributed by atoms with Gasteiger partial charge in [0.25, 0.3) is 0 Å². The van der Waals surface area contributed by atoms with Gasteiger partial charge in [0.2, 0.25) is 11.8 Å². The minimum atomic E-state index is 0.0825. The number of amides is 2. The first-order chi connectivity index (χ1) is 10.1. The fourth-order valence-corrected chi connectivity index (χ4v) is 3.33. The number of carbonyl (C=O) groups is 2. The maximum atomic E-state index is 11.8. The van der Waals surface area contributed by atoms with Crippen LogP contribution in [0.25, 0.3) is 0 Å². The highest BCUT2D eigenvalue weighted by atomic mass is 16.2. The Hall–Kier alpha value is -1.10. The maximum Gasteiger partial charge on any atom is 0.224 e. The van der Waals surface area contributed by atoms with Crippen molar-refractivity contribution in [1.82, 2.24) is 10.2 Å². The van der Waals surface area contributed by atoms with Crippen molar-refractivity contribution in [2.75, 3.05) is 19.6 Å². The van der Waals surface area contributed by atoms with E-state index >= 15 is 0 Å². The van der Waals surface area contributed by atoms with Gasteiger partial charge in [-0.2, -0.15) is 0 Å². The normalized spacial score (nSPS) is 25.9. The van der Waals surface area contributed by atoms with Gasteiger partial charge in [0.15, 0.2) is 0 Å². The average molecular weight is 295 g/mol. The lowest BCUT2D eigenvalue weighted by atomic mass is 9.84. The van der Waals surface area contributed by atoms with Crippen molar-refractivity contribution < 1.29 is 9.59 Å². The van der Waals surface area contributed by atoms with Crippen LogP contribution in [0.5, 0.6) is 0 Å². The predicted molar refractivity (Wildman–Crippen MR) is 82.6 cm³/mol. The molecule has 2 rings (SSSR count). The van der Waals surface area contributed by atoms with Crippen molar-refractivity contribution in [3.05, 3.63) is 0 Å². The Morgan fingerprint density at radius 1 is 1.05 bits per heavy atom. The summed E-state index contributed by atoms with van der Waals surface area (Å²) in [6.45, 7) is 2.25. The molecule has 2 aliphatic rings. The SMILES string of the molecule is NC1CCC(CCC(=O)NCCC(=O)N2CCCC2)CC1. The Kier molecular flexibility index (Phi) is 6.49. The smallest absolute Gasteiger partial charge is 0.224 e. The van der Waals surface area contributed by atoms with Gasteiger partial charge in [-0.25, -0.2) is 0 Å². The van der Waals surface area contributed by atoms with E-state index in [-0.39, 0.29) is 11.8 Å². The lowest BCUT2D eigenvalue weighted by Gasteiger charge is -2.25. The van der Waals surface area contributed by atoms with Gasteiger partial charge in [-0.05, 0) is 50.9 Å². The van der Waals surface area contributed by atoms with Gasteiger partial charge in [0, 0.05) is 38.5 Å². The van der Waals surface area contributed by atoms with Crippen LogP contribution in [-0.4, -0.2) is 42.4 Å². The number of carbonyl (C=O) groups excluding carboxylic acids is 2. The van der Waals surface area contributed by atoms with E-state index in [0.717, 1.165) is 58.0 Å². The van der Waals surface area contributed by atoms with Crippen LogP contribution in [0, 0.1) is 5.92 Å². The second-order valence-electron chi connectivity index (χ2n) is 6.51. The lowest BCUT2D eigenvalue weighted by Crippen LogP contribution is -2.33. The lowest BCUT2D eigenvalue weighted by molar-refractivity contribution is -0.130. The first kappa shape index (κ1) is 16.3. The maximum absolute atomic E-state index is 11.8. The molecule has 1 saturated carbocycles. The Morgan fingerprint density at radius 3 is 2.38 bits per heavy atom. The third-order valence-corrected chi connectivity index (χ3v) is 4.79. The van der Waals surface area contributed by atoms with Gasteiger partial charge in [0.05, 0.1) is 0 Å². The molecule has 21 heavy (non-hydrogen) atoms. The van der Waals surface area contributed by atoms with Crippen LogP contribution in [0.2, 0.25) is 0 Å². The fraction of sp³-hybridized carbons (Fsp3) is 0.875. The Bertz CT molecular complexity index is 345. The minimum absolute atomic E-state index is 0.0825. The molecule has 2 fully saturated rings. The average Bonchev–Trinajstić information content (AvgIpc) is 3.01. The number of nitrogens with one attached hydrogen (secondary N) is 1. The van der Waals surface area contributed by atoms with Gasteiger partial charge in [-0.3, -0.25) is 9.59 Å². The molecule has 1 heterocycles. The first-order valence-electron chi connectivity index (χ1n) is 8.45. The minimum Gasteiger partial charge on any atom is -0.356 e.